The molecule has 156 valence electrons. The quantitative estimate of drug-likeness (QED) is 0.637. The summed E-state index contributed by atoms with van der Waals surface area (Å²) in [5, 5.41) is 5.28. The Bertz CT molecular complexity index is 883. The maximum absolute atomic E-state index is 13.9. The number of halogens is 1. The molecule has 0 saturated heterocycles. The molecule has 0 radical (unpaired) electrons. The molecule has 1 heterocycles. The summed E-state index contributed by atoms with van der Waals surface area (Å²) in [6.45, 7) is 7.17. The molecule has 0 fully saturated rings. The van der Waals surface area contributed by atoms with Crippen molar-refractivity contribution in [2.75, 3.05) is 12.3 Å². The molecule has 1 aromatic carbocycles. The monoisotopic (exact) mass is 404 g/mol. The lowest BCUT2D eigenvalue weighted by molar-refractivity contribution is 0.0521. The van der Waals surface area contributed by atoms with Gasteiger partial charge in [0.1, 0.15) is 17.0 Å². The molecule has 0 bridgehead atoms. The predicted octanol–water partition coefficient (Wildman–Crippen LogP) is 3.24. The number of nitrogens with one attached hydrogen (secondary N) is 2. The van der Waals surface area contributed by atoms with Crippen molar-refractivity contribution in [1.29, 1.82) is 0 Å². The van der Waals surface area contributed by atoms with Crippen molar-refractivity contribution < 1.29 is 23.5 Å². The Kier molecular flexibility index (Phi) is 6.98. The molecule has 1 aromatic heterocycles. The summed E-state index contributed by atoms with van der Waals surface area (Å²) in [4.78, 5) is 28.0. The summed E-state index contributed by atoms with van der Waals surface area (Å²) in [7, 11) is 0. The minimum atomic E-state index is -0.616. The molecule has 0 aliphatic rings. The Hall–Kier alpha value is -3.36. The van der Waals surface area contributed by atoms with Crippen LogP contribution in [0.5, 0.6) is 11.5 Å². The van der Waals surface area contributed by atoms with E-state index in [-0.39, 0.29) is 35.5 Å². The zero-order chi connectivity index (χ0) is 21.6. The fourth-order valence-corrected chi connectivity index (χ4v) is 2.23. The standard InChI is InChI=1S/C20H25FN4O4/c1-12(11-24-19(27)29-20(2,3)4)25-18(26)16-10-14(7-8-23-16)28-17-6-5-13(22)9-15(17)21/h5-10,12H,11,22H2,1-4H3,(H,24,27)(H,25,26). The normalized spacial score (nSPS) is 12.0. The van der Waals surface area contributed by atoms with Crippen LogP contribution in [0, 0.1) is 5.82 Å². The summed E-state index contributed by atoms with van der Waals surface area (Å²) in [6.07, 6.45) is 0.806. The molecule has 0 spiro atoms. The van der Waals surface area contributed by atoms with Crippen LogP contribution in [0.1, 0.15) is 38.2 Å². The fourth-order valence-electron chi connectivity index (χ4n) is 2.23. The number of amides is 2. The van der Waals surface area contributed by atoms with E-state index < -0.39 is 23.4 Å². The number of carbonyl (C=O) groups is 2. The average molecular weight is 404 g/mol. The first-order chi connectivity index (χ1) is 13.5. The van der Waals surface area contributed by atoms with Gasteiger partial charge in [-0.15, -0.1) is 0 Å². The maximum atomic E-state index is 13.9. The Morgan fingerprint density at radius 2 is 1.97 bits per heavy atom. The first-order valence-electron chi connectivity index (χ1n) is 9.00. The number of alkyl carbamates (subject to hydrolysis) is 1. The van der Waals surface area contributed by atoms with E-state index in [1.165, 1.54) is 30.5 Å². The molecule has 0 aliphatic carbocycles. The van der Waals surface area contributed by atoms with Crippen LogP contribution in [0.4, 0.5) is 14.9 Å². The Morgan fingerprint density at radius 1 is 1.24 bits per heavy atom. The van der Waals surface area contributed by atoms with Crippen LogP contribution >= 0.6 is 0 Å². The van der Waals surface area contributed by atoms with E-state index in [0.29, 0.717) is 0 Å². The van der Waals surface area contributed by atoms with Gasteiger partial charge in [-0.3, -0.25) is 9.78 Å². The van der Waals surface area contributed by atoms with Crippen LogP contribution < -0.4 is 21.1 Å². The van der Waals surface area contributed by atoms with Crippen LogP contribution in [0.2, 0.25) is 0 Å². The summed E-state index contributed by atoms with van der Waals surface area (Å²) in [5.41, 5.74) is 5.27. The van der Waals surface area contributed by atoms with Gasteiger partial charge in [0.05, 0.1) is 0 Å². The molecule has 2 rings (SSSR count). The number of anilines is 1. The second kappa shape index (κ2) is 9.22. The highest BCUT2D eigenvalue weighted by atomic mass is 19.1. The van der Waals surface area contributed by atoms with Gasteiger partial charge in [-0.05, 0) is 45.9 Å². The van der Waals surface area contributed by atoms with Crippen LogP contribution in [0.3, 0.4) is 0 Å². The first kappa shape index (κ1) is 21.9. The third kappa shape index (κ3) is 7.28. The minimum absolute atomic E-state index is 0.0216. The highest BCUT2D eigenvalue weighted by Gasteiger charge is 2.18. The van der Waals surface area contributed by atoms with Crippen LogP contribution in [0.25, 0.3) is 0 Å². The van der Waals surface area contributed by atoms with E-state index in [0.717, 1.165) is 6.07 Å². The van der Waals surface area contributed by atoms with Crippen molar-refractivity contribution >= 4 is 17.7 Å². The number of nitrogen functional groups attached to an aromatic ring is 1. The molecule has 0 aliphatic heterocycles. The maximum Gasteiger partial charge on any atom is 0.407 e. The topological polar surface area (TPSA) is 116 Å². The van der Waals surface area contributed by atoms with E-state index in [2.05, 4.69) is 15.6 Å². The van der Waals surface area contributed by atoms with Crippen LogP contribution in [-0.4, -0.2) is 35.2 Å². The summed E-state index contributed by atoms with van der Waals surface area (Å²) < 4.78 is 24.5. The second-order valence-corrected chi connectivity index (χ2v) is 7.43. The van der Waals surface area contributed by atoms with Crippen molar-refractivity contribution in [3.63, 3.8) is 0 Å². The molecular formula is C20H25FN4O4. The lowest BCUT2D eigenvalue weighted by Gasteiger charge is -2.21. The first-order valence-corrected chi connectivity index (χ1v) is 9.00. The van der Waals surface area contributed by atoms with E-state index in [9.17, 15) is 14.0 Å². The van der Waals surface area contributed by atoms with E-state index >= 15 is 0 Å². The number of rotatable bonds is 6. The third-order valence-electron chi connectivity index (χ3n) is 3.48. The molecule has 29 heavy (non-hydrogen) atoms. The number of nitrogens with zero attached hydrogens (tertiary/aromatic N) is 1. The third-order valence-corrected chi connectivity index (χ3v) is 3.48. The van der Waals surface area contributed by atoms with Gasteiger partial charge in [0.25, 0.3) is 5.91 Å². The smallest absolute Gasteiger partial charge is 0.407 e. The molecule has 1 atom stereocenters. The van der Waals surface area contributed by atoms with Gasteiger partial charge < -0.3 is 25.8 Å². The zero-order valence-electron chi connectivity index (χ0n) is 16.8. The molecule has 1 unspecified atom stereocenters. The van der Waals surface area contributed by atoms with Crippen molar-refractivity contribution in [2.45, 2.75) is 39.3 Å². The van der Waals surface area contributed by atoms with Gasteiger partial charge in [0.2, 0.25) is 0 Å². The number of benzene rings is 1. The molecular weight excluding hydrogens is 379 g/mol. The summed E-state index contributed by atoms with van der Waals surface area (Å²) >= 11 is 0. The van der Waals surface area contributed by atoms with Crippen molar-refractivity contribution in [3.05, 3.63) is 48.0 Å². The molecule has 4 N–H and O–H groups in total. The molecule has 2 amide bonds. The van der Waals surface area contributed by atoms with Crippen molar-refractivity contribution in [3.8, 4) is 11.5 Å². The predicted molar refractivity (Wildman–Crippen MR) is 106 cm³/mol. The Balaban J connectivity index is 1.94. The van der Waals surface area contributed by atoms with Gasteiger partial charge in [0.15, 0.2) is 11.6 Å². The number of ether oxygens (including phenoxy) is 2. The van der Waals surface area contributed by atoms with Crippen LogP contribution in [0.15, 0.2) is 36.5 Å². The Labute approximate surface area is 168 Å². The number of nitrogens with two attached hydrogens (primary N) is 1. The van der Waals surface area contributed by atoms with Gasteiger partial charge >= 0.3 is 6.09 Å². The number of aromatic nitrogens is 1. The number of carbonyl (C=O) groups excluding carboxylic acids is 2. The van der Waals surface area contributed by atoms with Gasteiger partial charge in [-0.1, -0.05) is 0 Å². The molecule has 2 aromatic rings. The number of pyridine rings is 1. The molecule has 9 heteroatoms. The highest BCUT2D eigenvalue weighted by molar-refractivity contribution is 5.92. The second-order valence-electron chi connectivity index (χ2n) is 7.43. The molecule has 0 saturated carbocycles. The average Bonchev–Trinajstić information content (AvgIpc) is 2.61. The minimum Gasteiger partial charge on any atom is -0.454 e. The van der Waals surface area contributed by atoms with Gasteiger partial charge in [-0.2, -0.15) is 0 Å². The summed E-state index contributed by atoms with van der Waals surface area (Å²) in [5.74, 6) is -0.860. The largest absolute Gasteiger partial charge is 0.454 e. The molecule has 8 nitrogen and oxygen atoms in total. The van der Waals surface area contributed by atoms with Crippen molar-refractivity contribution in [1.82, 2.24) is 15.6 Å². The van der Waals surface area contributed by atoms with Crippen molar-refractivity contribution in [2.24, 2.45) is 0 Å². The SMILES string of the molecule is CC(CNC(=O)OC(C)(C)C)NC(=O)c1cc(Oc2ccc(N)cc2F)ccn1. The van der Waals surface area contributed by atoms with Crippen LogP contribution in [-0.2, 0) is 4.74 Å². The van der Waals surface area contributed by atoms with Gasteiger partial charge in [0, 0.05) is 36.6 Å². The van der Waals surface area contributed by atoms with E-state index in [1.807, 2.05) is 0 Å². The van der Waals surface area contributed by atoms with E-state index in [4.69, 9.17) is 15.2 Å². The Morgan fingerprint density at radius 3 is 2.62 bits per heavy atom. The van der Waals surface area contributed by atoms with Gasteiger partial charge in [-0.25, -0.2) is 9.18 Å². The number of hydrogen-bond donors (Lipinski definition) is 3. The van der Waals surface area contributed by atoms with E-state index in [1.54, 1.807) is 27.7 Å². The summed E-state index contributed by atoms with van der Waals surface area (Å²) in [6, 6.07) is 6.56. The highest BCUT2D eigenvalue weighted by Crippen LogP contribution is 2.25. The lowest BCUT2D eigenvalue weighted by Crippen LogP contribution is -2.43. The fraction of sp³-hybridized carbons (Fsp3) is 0.350. The zero-order valence-corrected chi connectivity index (χ0v) is 16.8. The lowest BCUT2D eigenvalue weighted by atomic mass is 10.2. The number of hydrogen-bond acceptors (Lipinski definition) is 6.